The molecule has 1 fully saturated rings. The topological polar surface area (TPSA) is 58.8 Å². The fraction of sp³-hybridized carbons (Fsp3) is 0.588. The quantitative estimate of drug-likeness (QED) is 0.929. The Bertz CT molecular complexity index is 484. The van der Waals surface area contributed by atoms with Crippen molar-refractivity contribution in [1.29, 1.82) is 0 Å². The summed E-state index contributed by atoms with van der Waals surface area (Å²) in [6.07, 6.45) is -0.245. The number of nitrogens with zero attached hydrogens (tertiary/aromatic N) is 2. The van der Waals surface area contributed by atoms with Crippen molar-refractivity contribution in [3.63, 3.8) is 0 Å². The van der Waals surface area contributed by atoms with Crippen LogP contribution < -0.4 is 5.73 Å². The van der Waals surface area contributed by atoms with Crippen LogP contribution >= 0.6 is 0 Å². The van der Waals surface area contributed by atoms with Gasteiger partial charge in [-0.05, 0) is 26.3 Å². The molecule has 2 rings (SSSR count). The van der Waals surface area contributed by atoms with Crippen molar-refractivity contribution in [2.24, 2.45) is 5.73 Å². The van der Waals surface area contributed by atoms with E-state index in [2.05, 4.69) is 17.0 Å². The van der Waals surface area contributed by atoms with Gasteiger partial charge in [-0.3, -0.25) is 4.90 Å². The molecule has 122 valence electrons. The lowest BCUT2D eigenvalue weighted by Crippen LogP contribution is -2.57. The first-order valence-electron chi connectivity index (χ1n) is 7.85. The van der Waals surface area contributed by atoms with Gasteiger partial charge in [-0.1, -0.05) is 30.3 Å². The van der Waals surface area contributed by atoms with Crippen molar-refractivity contribution in [2.45, 2.75) is 39.0 Å². The molecule has 0 radical (unpaired) electrons. The van der Waals surface area contributed by atoms with Gasteiger partial charge in [-0.25, -0.2) is 4.79 Å². The number of ether oxygens (including phenoxy) is 1. The minimum atomic E-state index is -0.462. The van der Waals surface area contributed by atoms with Gasteiger partial charge in [-0.2, -0.15) is 0 Å². The lowest BCUT2D eigenvalue weighted by molar-refractivity contribution is 0.00353. The molecule has 1 aliphatic rings. The van der Waals surface area contributed by atoms with Gasteiger partial charge in [0.25, 0.3) is 0 Å². The zero-order chi connectivity index (χ0) is 16.2. The maximum atomic E-state index is 12.2. The molecule has 1 heterocycles. The SMILES string of the molecule is CC(C)(C)OC(=O)N1CCN(Cc2ccccc2)[C@@H](CN)C1. The molecule has 5 heteroatoms. The molecule has 1 atom stereocenters. The van der Waals surface area contributed by atoms with Crippen molar-refractivity contribution in [1.82, 2.24) is 9.80 Å². The molecule has 0 bridgehead atoms. The Hall–Kier alpha value is -1.59. The fourth-order valence-electron chi connectivity index (χ4n) is 2.63. The van der Waals surface area contributed by atoms with E-state index in [9.17, 15) is 4.79 Å². The first-order chi connectivity index (χ1) is 10.4. The van der Waals surface area contributed by atoms with E-state index in [4.69, 9.17) is 10.5 Å². The Morgan fingerprint density at radius 1 is 1.27 bits per heavy atom. The van der Waals surface area contributed by atoms with Crippen LogP contribution in [0, 0.1) is 0 Å². The zero-order valence-corrected chi connectivity index (χ0v) is 13.8. The van der Waals surface area contributed by atoms with Gasteiger partial charge in [0.15, 0.2) is 0 Å². The summed E-state index contributed by atoms with van der Waals surface area (Å²) in [7, 11) is 0. The summed E-state index contributed by atoms with van der Waals surface area (Å²) < 4.78 is 5.45. The highest BCUT2D eigenvalue weighted by molar-refractivity contribution is 5.68. The van der Waals surface area contributed by atoms with Crippen molar-refractivity contribution in [3.8, 4) is 0 Å². The second-order valence-corrected chi connectivity index (χ2v) is 6.77. The van der Waals surface area contributed by atoms with Crippen LogP contribution in [0.15, 0.2) is 30.3 Å². The van der Waals surface area contributed by atoms with E-state index in [1.54, 1.807) is 4.90 Å². The molecule has 1 aromatic rings. The standard InChI is InChI=1S/C17H27N3O2/c1-17(2,3)22-16(21)20-10-9-19(15(11-18)13-20)12-14-7-5-4-6-8-14/h4-8,15H,9-13,18H2,1-3H3/t15-/m0/s1. The number of carbonyl (C=O) groups excluding carboxylic acids is 1. The Morgan fingerprint density at radius 2 is 1.95 bits per heavy atom. The van der Waals surface area contributed by atoms with Crippen LogP contribution in [0.3, 0.4) is 0 Å². The molecular formula is C17H27N3O2. The van der Waals surface area contributed by atoms with Crippen LogP contribution in [-0.2, 0) is 11.3 Å². The third-order valence-electron chi connectivity index (χ3n) is 3.76. The second kappa shape index (κ2) is 7.11. The number of carbonyl (C=O) groups is 1. The average Bonchev–Trinajstić information content (AvgIpc) is 2.47. The first kappa shape index (κ1) is 16.8. The number of amides is 1. The minimum absolute atomic E-state index is 0.168. The van der Waals surface area contributed by atoms with E-state index in [0.29, 0.717) is 19.6 Å². The summed E-state index contributed by atoms with van der Waals surface area (Å²) >= 11 is 0. The minimum Gasteiger partial charge on any atom is -0.444 e. The Balaban J connectivity index is 1.95. The molecule has 0 unspecified atom stereocenters. The van der Waals surface area contributed by atoms with E-state index in [1.165, 1.54) is 5.56 Å². The molecule has 0 saturated carbocycles. The summed E-state index contributed by atoms with van der Waals surface area (Å²) in [5, 5.41) is 0. The van der Waals surface area contributed by atoms with Gasteiger partial charge in [-0.15, -0.1) is 0 Å². The van der Waals surface area contributed by atoms with Gasteiger partial charge >= 0.3 is 6.09 Å². The third kappa shape index (κ3) is 4.71. The van der Waals surface area contributed by atoms with Crippen LogP contribution in [-0.4, -0.2) is 53.7 Å². The first-order valence-corrected chi connectivity index (χ1v) is 7.85. The molecule has 0 aliphatic carbocycles. The van der Waals surface area contributed by atoms with Crippen LogP contribution in [0.25, 0.3) is 0 Å². The number of rotatable bonds is 3. The summed E-state index contributed by atoms with van der Waals surface area (Å²) in [4.78, 5) is 16.3. The number of piperazine rings is 1. The Kier molecular flexibility index (Phi) is 5.42. The highest BCUT2D eigenvalue weighted by atomic mass is 16.6. The summed E-state index contributed by atoms with van der Waals surface area (Å²) in [6, 6.07) is 10.5. The second-order valence-electron chi connectivity index (χ2n) is 6.77. The van der Waals surface area contributed by atoms with Gasteiger partial charge in [0.2, 0.25) is 0 Å². The maximum absolute atomic E-state index is 12.2. The third-order valence-corrected chi connectivity index (χ3v) is 3.76. The lowest BCUT2D eigenvalue weighted by Gasteiger charge is -2.41. The van der Waals surface area contributed by atoms with Crippen LogP contribution in [0.1, 0.15) is 26.3 Å². The van der Waals surface area contributed by atoms with Gasteiger partial charge < -0.3 is 15.4 Å². The van der Waals surface area contributed by atoms with E-state index < -0.39 is 5.60 Å². The number of nitrogens with two attached hydrogens (primary N) is 1. The van der Waals surface area contributed by atoms with Crippen molar-refractivity contribution in [2.75, 3.05) is 26.2 Å². The maximum Gasteiger partial charge on any atom is 0.410 e. The number of hydrogen-bond donors (Lipinski definition) is 1. The van der Waals surface area contributed by atoms with Crippen LogP contribution in [0.2, 0.25) is 0 Å². The molecule has 1 aliphatic heterocycles. The molecule has 1 amide bonds. The zero-order valence-electron chi connectivity index (χ0n) is 13.8. The monoisotopic (exact) mass is 305 g/mol. The Morgan fingerprint density at radius 3 is 2.55 bits per heavy atom. The molecule has 1 saturated heterocycles. The van der Waals surface area contributed by atoms with Crippen molar-refractivity contribution < 1.29 is 9.53 Å². The summed E-state index contributed by atoms with van der Waals surface area (Å²) in [5.74, 6) is 0. The molecule has 2 N–H and O–H groups in total. The summed E-state index contributed by atoms with van der Waals surface area (Å²) in [5.41, 5.74) is 6.72. The van der Waals surface area contributed by atoms with Crippen molar-refractivity contribution >= 4 is 6.09 Å². The molecular weight excluding hydrogens is 278 g/mol. The van der Waals surface area contributed by atoms with E-state index in [0.717, 1.165) is 13.1 Å². The van der Waals surface area contributed by atoms with E-state index in [1.807, 2.05) is 39.0 Å². The fourth-order valence-corrected chi connectivity index (χ4v) is 2.63. The molecule has 1 aromatic carbocycles. The number of benzene rings is 1. The molecule has 5 nitrogen and oxygen atoms in total. The van der Waals surface area contributed by atoms with Crippen LogP contribution in [0.4, 0.5) is 4.79 Å². The highest BCUT2D eigenvalue weighted by Gasteiger charge is 2.31. The summed E-state index contributed by atoms with van der Waals surface area (Å²) in [6.45, 7) is 9.17. The van der Waals surface area contributed by atoms with Crippen LogP contribution in [0.5, 0.6) is 0 Å². The van der Waals surface area contributed by atoms with Crippen molar-refractivity contribution in [3.05, 3.63) is 35.9 Å². The van der Waals surface area contributed by atoms with E-state index >= 15 is 0 Å². The van der Waals surface area contributed by atoms with Gasteiger partial charge in [0, 0.05) is 38.8 Å². The Labute approximate surface area is 133 Å². The predicted molar refractivity (Wildman–Crippen MR) is 87.5 cm³/mol. The normalized spacial score (nSPS) is 20.0. The largest absolute Gasteiger partial charge is 0.444 e. The number of hydrogen-bond acceptors (Lipinski definition) is 4. The highest BCUT2D eigenvalue weighted by Crippen LogP contribution is 2.16. The van der Waals surface area contributed by atoms with Gasteiger partial charge in [0.05, 0.1) is 0 Å². The van der Waals surface area contributed by atoms with E-state index in [-0.39, 0.29) is 12.1 Å². The van der Waals surface area contributed by atoms with Gasteiger partial charge in [0.1, 0.15) is 5.60 Å². The predicted octanol–water partition coefficient (Wildman–Crippen LogP) is 2.07. The molecule has 22 heavy (non-hydrogen) atoms. The smallest absolute Gasteiger partial charge is 0.410 e. The average molecular weight is 305 g/mol. The lowest BCUT2D eigenvalue weighted by atomic mass is 10.1. The molecule has 0 spiro atoms. The molecule has 0 aromatic heterocycles.